The molecule has 12 heteroatoms. The molecule has 0 aliphatic carbocycles. The predicted octanol–water partition coefficient (Wildman–Crippen LogP) is 3.06. The Balaban J connectivity index is 1.58. The fourth-order valence-electron chi connectivity index (χ4n) is 2.02. The minimum absolute atomic E-state index is 0.141. The SMILES string of the molecule is O=C(CNC(=O)COc1ccc(Cl)c(Cl)c1)NCNC(=O)COc1ccc(Cl)c(Cl)c1. The summed E-state index contributed by atoms with van der Waals surface area (Å²) >= 11 is 23.3. The van der Waals surface area contributed by atoms with Crippen molar-refractivity contribution in [2.24, 2.45) is 0 Å². The van der Waals surface area contributed by atoms with Gasteiger partial charge in [-0.3, -0.25) is 14.4 Å². The van der Waals surface area contributed by atoms with Crippen LogP contribution >= 0.6 is 46.4 Å². The Morgan fingerprint density at radius 3 is 1.58 bits per heavy atom. The van der Waals surface area contributed by atoms with Crippen molar-refractivity contribution in [1.29, 1.82) is 0 Å². The summed E-state index contributed by atoms with van der Waals surface area (Å²) in [6, 6.07) is 9.15. The van der Waals surface area contributed by atoms with Crippen LogP contribution in [0, 0.1) is 0 Å². The first-order chi connectivity index (χ1) is 14.7. The molecule has 0 bridgehead atoms. The monoisotopic (exact) mass is 507 g/mol. The van der Waals surface area contributed by atoms with E-state index in [-0.39, 0.29) is 26.4 Å². The van der Waals surface area contributed by atoms with Crippen molar-refractivity contribution < 1.29 is 23.9 Å². The summed E-state index contributed by atoms with van der Waals surface area (Å²) in [4.78, 5) is 35.2. The van der Waals surface area contributed by atoms with Gasteiger partial charge in [-0.05, 0) is 24.3 Å². The Labute approximate surface area is 198 Å². The second-order valence-electron chi connectivity index (χ2n) is 5.88. The van der Waals surface area contributed by atoms with Gasteiger partial charge in [0.25, 0.3) is 11.8 Å². The zero-order chi connectivity index (χ0) is 22.8. The molecule has 31 heavy (non-hydrogen) atoms. The molecule has 0 saturated heterocycles. The van der Waals surface area contributed by atoms with E-state index in [0.717, 1.165) is 0 Å². The van der Waals surface area contributed by atoms with Crippen molar-refractivity contribution in [1.82, 2.24) is 16.0 Å². The topological polar surface area (TPSA) is 106 Å². The summed E-state index contributed by atoms with van der Waals surface area (Å²) in [5.74, 6) is -0.751. The Morgan fingerprint density at radius 1 is 0.645 bits per heavy atom. The van der Waals surface area contributed by atoms with E-state index in [1.54, 1.807) is 18.2 Å². The van der Waals surface area contributed by atoms with Gasteiger partial charge in [0.15, 0.2) is 13.2 Å². The van der Waals surface area contributed by atoms with Crippen LogP contribution in [0.5, 0.6) is 11.5 Å². The lowest BCUT2D eigenvalue weighted by Crippen LogP contribution is -2.44. The first-order valence-corrected chi connectivity index (χ1v) is 10.2. The molecule has 0 spiro atoms. The van der Waals surface area contributed by atoms with E-state index < -0.39 is 17.7 Å². The van der Waals surface area contributed by atoms with Crippen LogP contribution in [-0.2, 0) is 14.4 Å². The molecule has 0 heterocycles. The average molecular weight is 509 g/mol. The number of halogens is 4. The van der Waals surface area contributed by atoms with Crippen molar-refractivity contribution >= 4 is 64.1 Å². The molecule has 2 rings (SSSR count). The second kappa shape index (κ2) is 12.5. The summed E-state index contributed by atoms with van der Waals surface area (Å²) in [6.45, 7) is -1.03. The van der Waals surface area contributed by atoms with E-state index in [4.69, 9.17) is 55.9 Å². The van der Waals surface area contributed by atoms with E-state index in [0.29, 0.717) is 31.6 Å². The second-order valence-corrected chi connectivity index (χ2v) is 7.51. The maximum Gasteiger partial charge on any atom is 0.259 e. The number of rotatable bonds is 10. The molecule has 2 aromatic rings. The van der Waals surface area contributed by atoms with Crippen LogP contribution in [0.25, 0.3) is 0 Å². The zero-order valence-corrected chi connectivity index (χ0v) is 18.9. The van der Waals surface area contributed by atoms with E-state index in [2.05, 4.69) is 16.0 Å². The molecule has 0 radical (unpaired) electrons. The molecule has 0 fully saturated rings. The summed E-state index contributed by atoms with van der Waals surface area (Å²) in [7, 11) is 0. The van der Waals surface area contributed by atoms with Gasteiger partial charge < -0.3 is 25.4 Å². The molecule has 0 saturated carbocycles. The van der Waals surface area contributed by atoms with Crippen molar-refractivity contribution in [3.05, 3.63) is 56.5 Å². The summed E-state index contributed by atoms with van der Waals surface area (Å²) in [5.41, 5.74) is 0. The quantitative estimate of drug-likeness (QED) is 0.428. The molecule has 0 aromatic heterocycles. The molecule has 166 valence electrons. The lowest BCUT2D eigenvalue weighted by atomic mass is 10.3. The molecule has 3 N–H and O–H groups in total. The number of ether oxygens (including phenoxy) is 2. The van der Waals surface area contributed by atoms with E-state index >= 15 is 0 Å². The number of carbonyl (C=O) groups excluding carboxylic acids is 3. The largest absolute Gasteiger partial charge is 0.484 e. The van der Waals surface area contributed by atoms with Gasteiger partial charge in [-0.25, -0.2) is 0 Å². The summed E-state index contributed by atoms with van der Waals surface area (Å²) < 4.78 is 10.5. The minimum atomic E-state index is -0.514. The van der Waals surface area contributed by atoms with Crippen LogP contribution < -0.4 is 25.4 Å². The zero-order valence-electron chi connectivity index (χ0n) is 15.8. The number of benzene rings is 2. The Bertz CT molecular complexity index is 958. The molecule has 3 amide bonds. The molecule has 2 aromatic carbocycles. The molecule has 8 nitrogen and oxygen atoms in total. The van der Waals surface area contributed by atoms with Gasteiger partial charge in [0, 0.05) is 12.1 Å². The van der Waals surface area contributed by atoms with Gasteiger partial charge >= 0.3 is 0 Å². The van der Waals surface area contributed by atoms with Crippen molar-refractivity contribution in [2.75, 3.05) is 26.4 Å². The Kier molecular flexibility index (Phi) is 10.00. The highest BCUT2D eigenvalue weighted by atomic mass is 35.5. The Hall–Kier alpha value is -2.39. The lowest BCUT2D eigenvalue weighted by Gasteiger charge is -2.10. The number of hydrogen-bond acceptors (Lipinski definition) is 5. The highest BCUT2D eigenvalue weighted by Gasteiger charge is 2.09. The first-order valence-electron chi connectivity index (χ1n) is 8.70. The standard InChI is InChI=1S/C19H17Cl4N3O5/c20-13-3-1-11(5-15(13)22)30-8-18(28)24-7-17(27)25-10-26-19(29)9-31-12-2-4-14(21)16(23)6-12/h1-6H,7-10H2,(H,24,28)(H,25,27)(H,26,29). The summed E-state index contributed by atoms with van der Waals surface area (Å²) in [5, 5.41) is 8.56. The van der Waals surface area contributed by atoms with Crippen LogP contribution in [0.4, 0.5) is 0 Å². The van der Waals surface area contributed by atoms with E-state index in [1.165, 1.54) is 18.2 Å². The molecule has 0 aliphatic heterocycles. The van der Waals surface area contributed by atoms with Gasteiger partial charge in [-0.1, -0.05) is 46.4 Å². The van der Waals surface area contributed by atoms with Gasteiger partial charge in [-0.2, -0.15) is 0 Å². The maximum atomic E-state index is 11.7. The third-order valence-electron chi connectivity index (χ3n) is 3.54. The summed E-state index contributed by atoms with van der Waals surface area (Å²) in [6.07, 6.45) is 0. The van der Waals surface area contributed by atoms with Crippen molar-refractivity contribution in [3.8, 4) is 11.5 Å². The minimum Gasteiger partial charge on any atom is -0.484 e. The van der Waals surface area contributed by atoms with E-state index in [9.17, 15) is 14.4 Å². The number of amides is 3. The lowest BCUT2D eigenvalue weighted by molar-refractivity contribution is -0.127. The molecule has 0 unspecified atom stereocenters. The highest BCUT2D eigenvalue weighted by molar-refractivity contribution is 6.42. The van der Waals surface area contributed by atoms with Crippen LogP contribution in [0.1, 0.15) is 0 Å². The fraction of sp³-hybridized carbons (Fsp3) is 0.211. The third kappa shape index (κ3) is 9.10. The van der Waals surface area contributed by atoms with Crippen molar-refractivity contribution in [3.63, 3.8) is 0 Å². The first kappa shape index (κ1) is 24.9. The highest BCUT2D eigenvalue weighted by Crippen LogP contribution is 2.27. The van der Waals surface area contributed by atoms with Gasteiger partial charge in [0.1, 0.15) is 11.5 Å². The van der Waals surface area contributed by atoms with Crippen LogP contribution in [0.2, 0.25) is 20.1 Å². The molecular weight excluding hydrogens is 492 g/mol. The molecule has 0 aliphatic rings. The average Bonchev–Trinajstić information content (AvgIpc) is 2.74. The third-order valence-corrected chi connectivity index (χ3v) is 5.02. The van der Waals surface area contributed by atoms with E-state index in [1.807, 2.05) is 0 Å². The van der Waals surface area contributed by atoms with Gasteiger partial charge in [-0.15, -0.1) is 0 Å². The van der Waals surface area contributed by atoms with Crippen LogP contribution in [-0.4, -0.2) is 44.1 Å². The molecular formula is C19H17Cl4N3O5. The Morgan fingerprint density at radius 2 is 1.10 bits per heavy atom. The number of hydrogen-bond donors (Lipinski definition) is 3. The maximum absolute atomic E-state index is 11.7. The van der Waals surface area contributed by atoms with Gasteiger partial charge in [0.2, 0.25) is 5.91 Å². The van der Waals surface area contributed by atoms with Gasteiger partial charge in [0.05, 0.1) is 33.3 Å². The van der Waals surface area contributed by atoms with Crippen LogP contribution in [0.15, 0.2) is 36.4 Å². The fourth-order valence-corrected chi connectivity index (χ4v) is 2.59. The van der Waals surface area contributed by atoms with Crippen molar-refractivity contribution in [2.45, 2.75) is 0 Å². The molecule has 0 atom stereocenters. The predicted molar refractivity (Wildman–Crippen MR) is 118 cm³/mol. The smallest absolute Gasteiger partial charge is 0.259 e. The number of carbonyl (C=O) groups is 3. The number of nitrogens with one attached hydrogen (secondary N) is 3. The van der Waals surface area contributed by atoms with Crippen LogP contribution in [0.3, 0.4) is 0 Å². The normalized spacial score (nSPS) is 10.2.